The van der Waals surface area contributed by atoms with Crippen molar-refractivity contribution < 1.29 is 17.1 Å². The van der Waals surface area contributed by atoms with E-state index in [2.05, 4.69) is 28.9 Å². The van der Waals surface area contributed by atoms with E-state index in [-0.39, 0.29) is 12.4 Å². The molecule has 6 heteroatoms. The summed E-state index contributed by atoms with van der Waals surface area (Å²) in [5, 5.41) is 8.87. The van der Waals surface area contributed by atoms with Gasteiger partial charge >= 0.3 is 5.69 Å². The summed E-state index contributed by atoms with van der Waals surface area (Å²) in [6.07, 6.45) is 1.19. The lowest BCUT2D eigenvalue weighted by molar-refractivity contribution is -0.00000455. The number of halogens is 1. The molecule has 0 amide bonds. The average Bonchev–Trinajstić information content (AvgIpc) is 2.87. The Labute approximate surface area is 126 Å². The smallest absolute Gasteiger partial charge is 0.385 e. The molecule has 1 aliphatic heterocycles. The molecule has 0 aliphatic carbocycles. The van der Waals surface area contributed by atoms with Crippen LogP contribution in [0.2, 0.25) is 0 Å². The molecular weight excluding hydrogens is 276 g/mol. The van der Waals surface area contributed by atoms with Gasteiger partial charge in [-0.1, -0.05) is 0 Å². The summed E-state index contributed by atoms with van der Waals surface area (Å²) in [5.41, 5.74) is 1.64. The zero-order valence-electron chi connectivity index (χ0n) is 12.2. The first kappa shape index (κ1) is 16.7. The SMILES string of the molecule is COc1ccc([N+]#N)cc1CN1CCC(N(C)C)C1.[Cl-]. The van der Waals surface area contributed by atoms with Gasteiger partial charge in [-0.25, -0.2) is 0 Å². The first-order chi connectivity index (χ1) is 9.13. The predicted molar refractivity (Wildman–Crippen MR) is 75.1 cm³/mol. The van der Waals surface area contributed by atoms with Crippen LogP contribution in [-0.2, 0) is 6.54 Å². The lowest BCUT2D eigenvalue weighted by Crippen LogP contribution is -3.00. The third-order valence-corrected chi connectivity index (χ3v) is 3.75. The van der Waals surface area contributed by atoms with Crippen molar-refractivity contribution in [3.8, 4) is 5.75 Å². The fourth-order valence-electron chi connectivity index (χ4n) is 2.57. The summed E-state index contributed by atoms with van der Waals surface area (Å²) >= 11 is 0. The summed E-state index contributed by atoms with van der Waals surface area (Å²) in [4.78, 5) is 7.92. The van der Waals surface area contributed by atoms with Gasteiger partial charge in [-0.3, -0.25) is 4.90 Å². The lowest BCUT2D eigenvalue weighted by atomic mass is 10.1. The van der Waals surface area contributed by atoms with Gasteiger partial charge in [0.25, 0.3) is 0 Å². The maximum absolute atomic E-state index is 8.87. The second kappa shape index (κ2) is 7.44. The van der Waals surface area contributed by atoms with Gasteiger partial charge in [-0.15, -0.1) is 0 Å². The highest BCUT2D eigenvalue weighted by atomic mass is 35.5. The maximum atomic E-state index is 8.87. The van der Waals surface area contributed by atoms with Gasteiger partial charge < -0.3 is 22.0 Å². The van der Waals surface area contributed by atoms with Crippen molar-refractivity contribution in [2.24, 2.45) is 0 Å². The normalized spacial score (nSPS) is 18.6. The summed E-state index contributed by atoms with van der Waals surface area (Å²) in [5.74, 6) is 0.848. The van der Waals surface area contributed by atoms with Crippen LogP contribution < -0.4 is 17.1 Å². The number of methoxy groups -OCH3 is 1. The molecule has 0 bridgehead atoms. The van der Waals surface area contributed by atoms with Gasteiger partial charge in [0.15, 0.2) is 4.98 Å². The van der Waals surface area contributed by atoms with E-state index in [9.17, 15) is 0 Å². The minimum atomic E-state index is 0. The van der Waals surface area contributed by atoms with E-state index >= 15 is 0 Å². The number of diazo groups is 1. The Hall–Kier alpha value is -1.35. The Balaban J connectivity index is 0.00000200. The molecule has 2 rings (SSSR count). The van der Waals surface area contributed by atoms with Crippen molar-refractivity contribution in [2.45, 2.75) is 19.0 Å². The molecule has 1 heterocycles. The van der Waals surface area contributed by atoms with Crippen LogP contribution in [0.15, 0.2) is 18.2 Å². The second-order valence-electron chi connectivity index (χ2n) is 5.24. The van der Waals surface area contributed by atoms with Crippen LogP contribution in [0.3, 0.4) is 0 Å². The van der Waals surface area contributed by atoms with Gasteiger partial charge in [-0.2, -0.15) is 0 Å². The molecular formula is C14H21ClN4O. The third-order valence-electron chi connectivity index (χ3n) is 3.75. The maximum Gasteiger partial charge on any atom is 0.385 e. The Morgan fingerprint density at radius 3 is 2.75 bits per heavy atom. The molecule has 0 saturated carbocycles. The van der Waals surface area contributed by atoms with Crippen molar-refractivity contribution >= 4 is 5.69 Å². The standard InChI is InChI=1S/C14H21N4O.ClH/c1-17(2)13-6-7-18(10-13)9-11-8-12(16-15)4-5-14(11)19-3;/h4-5,8,13H,6-7,9-10H2,1-3H3;1H/q+1;/p-1. The second-order valence-corrected chi connectivity index (χ2v) is 5.24. The van der Waals surface area contributed by atoms with Crippen LogP contribution in [0, 0.1) is 5.39 Å². The van der Waals surface area contributed by atoms with Gasteiger partial charge in [0.1, 0.15) is 5.75 Å². The number of rotatable bonds is 4. The molecule has 0 aromatic heterocycles. The molecule has 1 aromatic rings. The number of hydrogen-bond donors (Lipinski definition) is 0. The molecule has 0 radical (unpaired) electrons. The minimum Gasteiger partial charge on any atom is -1.00 e. The van der Waals surface area contributed by atoms with Crippen LogP contribution >= 0.6 is 0 Å². The van der Waals surface area contributed by atoms with E-state index in [4.69, 9.17) is 10.1 Å². The zero-order valence-corrected chi connectivity index (χ0v) is 13.0. The lowest BCUT2D eigenvalue weighted by Gasteiger charge is -2.20. The van der Waals surface area contributed by atoms with Gasteiger partial charge in [0.05, 0.1) is 7.11 Å². The number of ether oxygens (including phenoxy) is 1. The zero-order chi connectivity index (χ0) is 13.8. The largest absolute Gasteiger partial charge is 1.00 e. The van der Waals surface area contributed by atoms with Crippen LogP contribution in [0.4, 0.5) is 5.69 Å². The van der Waals surface area contributed by atoms with Crippen LogP contribution in [0.1, 0.15) is 12.0 Å². The van der Waals surface area contributed by atoms with Crippen LogP contribution in [-0.4, -0.2) is 50.1 Å². The Morgan fingerprint density at radius 2 is 2.20 bits per heavy atom. The molecule has 1 fully saturated rings. The predicted octanol–water partition coefficient (Wildman–Crippen LogP) is -0.680. The number of likely N-dealkylation sites (N-methyl/N-ethyl adjacent to an activating group) is 1. The van der Waals surface area contributed by atoms with Crippen molar-refractivity contribution in [1.82, 2.24) is 9.80 Å². The summed E-state index contributed by atoms with van der Waals surface area (Å²) in [6.45, 7) is 2.99. The van der Waals surface area contributed by atoms with E-state index in [1.54, 1.807) is 13.2 Å². The first-order valence-corrected chi connectivity index (χ1v) is 6.55. The molecule has 0 N–H and O–H groups in total. The van der Waals surface area contributed by atoms with Gasteiger partial charge in [-0.05, 0) is 26.6 Å². The molecule has 1 saturated heterocycles. The topological polar surface area (TPSA) is 43.9 Å². The molecule has 0 spiro atoms. The van der Waals surface area contributed by atoms with Crippen molar-refractivity contribution in [2.75, 3.05) is 34.3 Å². The Kier molecular flexibility index (Phi) is 6.21. The van der Waals surface area contributed by atoms with E-state index in [1.165, 1.54) is 6.42 Å². The number of nitrogens with zero attached hydrogens (tertiary/aromatic N) is 4. The first-order valence-electron chi connectivity index (χ1n) is 6.55. The summed E-state index contributed by atoms with van der Waals surface area (Å²) in [7, 11) is 5.92. The van der Waals surface area contributed by atoms with E-state index in [1.807, 2.05) is 12.1 Å². The fraction of sp³-hybridized carbons (Fsp3) is 0.571. The summed E-state index contributed by atoms with van der Waals surface area (Å²) in [6, 6.07) is 6.09. The molecule has 20 heavy (non-hydrogen) atoms. The Bertz CT molecular complexity index is 487. The monoisotopic (exact) mass is 296 g/mol. The van der Waals surface area contributed by atoms with Crippen molar-refractivity contribution in [3.05, 3.63) is 28.7 Å². The molecule has 1 aliphatic rings. The molecule has 1 atom stereocenters. The Morgan fingerprint density at radius 1 is 1.45 bits per heavy atom. The number of likely N-dealkylation sites (tertiary alicyclic amines) is 1. The summed E-state index contributed by atoms with van der Waals surface area (Å²) < 4.78 is 5.37. The fourth-order valence-corrected chi connectivity index (χ4v) is 2.57. The molecule has 5 nitrogen and oxygen atoms in total. The third kappa shape index (κ3) is 3.83. The average molecular weight is 297 g/mol. The van der Waals surface area contributed by atoms with Crippen LogP contribution in [0.5, 0.6) is 5.75 Å². The van der Waals surface area contributed by atoms with Gasteiger partial charge in [0.2, 0.25) is 5.39 Å². The quantitative estimate of drug-likeness (QED) is 0.691. The molecule has 1 unspecified atom stereocenters. The number of benzene rings is 1. The van der Waals surface area contributed by atoms with Crippen LogP contribution in [0.25, 0.3) is 4.98 Å². The van der Waals surface area contributed by atoms with E-state index < -0.39 is 0 Å². The van der Waals surface area contributed by atoms with E-state index in [0.29, 0.717) is 11.7 Å². The van der Waals surface area contributed by atoms with Crippen molar-refractivity contribution in [3.63, 3.8) is 0 Å². The highest BCUT2D eigenvalue weighted by molar-refractivity contribution is 5.51. The highest BCUT2D eigenvalue weighted by Crippen LogP contribution is 2.27. The molecule has 1 aromatic carbocycles. The van der Waals surface area contributed by atoms with E-state index in [0.717, 1.165) is 30.9 Å². The number of hydrogen-bond acceptors (Lipinski definition) is 4. The minimum absolute atomic E-state index is 0. The molecule has 110 valence electrons. The van der Waals surface area contributed by atoms with Crippen molar-refractivity contribution in [1.29, 1.82) is 5.39 Å². The highest BCUT2D eigenvalue weighted by Gasteiger charge is 2.25. The van der Waals surface area contributed by atoms with Gasteiger partial charge in [0, 0.05) is 43.4 Å².